The van der Waals surface area contributed by atoms with Gasteiger partial charge in [0.1, 0.15) is 0 Å². The van der Waals surface area contributed by atoms with Gasteiger partial charge in [-0.15, -0.1) is 0 Å². The summed E-state index contributed by atoms with van der Waals surface area (Å²) in [5, 5.41) is 0. The van der Waals surface area contributed by atoms with E-state index in [1.165, 1.54) is 0 Å². The molecule has 0 unspecified atom stereocenters. The maximum atomic E-state index is 12.0. The summed E-state index contributed by atoms with van der Waals surface area (Å²) in [4.78, 5) is 0. The van der Waals surface area contributed by atoms with E-state index in [-0.39, 0.29) is 12.1 Å². The lowest BCUT2D eigenvalue weighted by atomic mass is 9.85. The van der Waals surface area contributed by atoms with Crippen LogP contribution in [0.3, 0.4) is 0 Å². The highest BCUT2D eigenvalue weighted by molar-refractivity contribution is 4.83. The molecule has 0 spiro atoms. The quantitative estimate of drug-likeness (QED) is 0.532. The molecule has 1 fully saturated rings. The second kappa shape index (κ2) is 2.02. The average Bonchev–Trinajstić information content (AvgIpc) is 1.67. The van der Waals surface area contributed by atoms with E-state index in [0.717, 1.165) is 6.42 Å². The minimum Gasteiger partial charge on any atom is -0.380 e. The Bertz CT molecular complexity index is 65.1. The van der Waals surface area contributed by atoms with Crippen LogP contribution >= 0.6 is 0 Å². The van der Waals surface area contributed by atoms with Crippen LogP contribution in [-0.2, 0) is 4.74 Å². The van der Waals surface area contributed by atoms with E-state index in [2.05, 4.69) is 0 Å². The average molecular weight is 118 g/mol. The first-order valence-electron chi connectivity index (χ1n) is 2.97. The molecule has 48 valence electrons. The van der Waals surface area contributed by atoms with Gasteiger partial charge >= 0.3 is 0 Å². The van der Waals surface area contributed by atoms with Gasteiger partial charge in [0.25, 0.3) is 0 Å². The third-order valence-corrected chi connectivity index (χ3v) is 1.85. The molecule has 1 aliphatic heterocycles. The second-order valence-corrected chi connectivity index (χ2v) is 2.48. The lowest BCUT2D eigenvalue weighted by Crippen LogP contribution is -2.43. The molecule has 0 bridgehead atoms. The molecule has 0 aromatic rings. The van der Waals surface area contributed by atoms with E-state index in [9.17, 15) is 4.39 Å². The van der Waals surface area contributed by atoms with Gasteiger partial charge in [-0.1, -0.05) is 6.92 Å². The lowest BCUT2D eigenvalue weighted by Gasteiger charge is -2.38. The van der Waals surface area contributed by atoms with Gasteiger partial charge in [-0.2, -0.15) is 0 Å². The molecule has 0 aromatic carbocycles. The zero-order chi connectivity index (χ0) is 6.04. The molecule has 0 amide bonds. The number of ether oxygens (including phenoxy) is 1. The fourth-order valence-electron chi connectivity index (χ4n) is 0.767. The number of hydrogen-bond acceptors (Lipinski definition) is 1. The number of rotatable bonds is 2. The smallest absolute Gasteiger partial charge is 0.0994 e. The fraction of sp³-hybridized carbons (Fsp3) is 1.00. The van der Waals surface area contributed by atoms with Gasteiger partial charge in [-0.05, 0) is 6.42 Å². The van der Waals surface area contributed by atoms with Crippen molar-refractivity contribution >= 4 is 0 Å². The Balaban J connectivity index is 2.33. The summed E-state index contributed by atoms with van der Waals surface area (Å²) in [5.74, 6) is 0. The minimum atomic E-state index is -0.219. The summed E-state index contributed by atoms with van der Waals surface area (Å²) in [7, 11) is 0. The zero-order valence-electron chi connectivity index (χ0n) is 5.11. The molecule has 0 N–H and O–H groups in total. The highest BCUT2D eigenvalue weighted by Crippen LogP contribution is 2.30. The summed E-state index contributed by atoms with van der Waals surface area (Å²) < 4.78 is 16.9. The van der Waals surface area contributed by atoms with Gasteiger partial charge in [0.2, 0.25) is 0 Å². The van der Waals surface area contributed by atoms with E-state index in [0.29, 0.717) is 13.2 Å². The van der Waals surface area contributed by atoms with Gasteiger partial charge in [0.15, 0.2) is 0 Å². The summed E-state index contributed by atoms with van der Waals surface area (Å²) in [6.45, 7) is 3.03. The zero-order valence-corrected chi connectivity index (χ0v) is 5.11. The molecule has 2 heteroatoms. The van der Waals surface area contributed by atoms with Crippen LogP contribution in [0.5, 0.6) is 0 Å². The van der Waals surface area contributed by atoms with Crippen LogP contribution in [-0.4, -0.2) is 19.9 Å². The third kappa shape index (κ3) is 0.730. The Labute approximate surface area is 48.8 Å². The van der Waals surface area contributed by atoms with E-state index in [1.807, 2.05) is 6.92 Å². The molecule has 1 nitrogen and oxygen atoms in total. The third-order valence-electron chi connectivity index (χ3n) is 1.85. The van der Waals surface area contributed by atoms with Crippen molar-refractivity contribution in [3.63, 3.8) is 0 Å². The van der Waals surface area contributed by atoms with Crippen molar-refractivity contribution in [1.29, 1.82) is 0 Å². The maximum absolute atomic E-state index is 12.0. The van der Waals surface area contributed by atoms with Crippen molar-refractivity contribution in [2.75, 3.05) is 19.9 Å². The lowest BCUT2D eigenvalue weighted by molar-refractivity contribution is -0.125. The molecular formula is C6H11FO. The second-order valence-electron chi connectivity index (χ2n) is 2.48. The van der Waals surface area contributed by atoms with Gasteiger partial charge in [0.05, 0.1) is 19.9 Å². The van der Waals surface area contributed by atoms with E-state index in [1.54, 1.807) is 0 Å². The van der Waals surface area contributed by atoms with E-state index in [4.69, 9.17) is 4.74 Å². The van der Waals surface area contributed by atoms with E-state index < -0.39 is 0 Å². The number of hydrogen-bond donors (Lipinski definition) is 0. The Morgan fingerprint density at radius 1 is 1.62 bits per heavy atom. The molecule has 1 rings (SSSR count). The van der Waals surface area contributed by atoms with Gasteiger partial charge in [-0.25, -0.2) is 0 Å². The van der Waals surface area contributed by atoms with Crippen LogP contribution in [0.25, 0.3) is 0 Å². The Morgan fingerprint density at radius 2 is 2.25 bits per heavy atom. The summed E-state index contributed by atoms with van der Waals surface area (Å²) in [6.07, 6.45) is 0.906. The topological polar surface area (TPSA) is 9.23 Å². The standard InChI is InChI=1S/C6H11FO/c1-2-6(3-7)4-8-5-6/h2-5H2,1H3. The normalized spacial score (nSPS) is 24.8. The number of halogens is 1. The molecule has 0 saturated carbocycles. The van der Waals surface area contributed by atoms with Crippen molar-refractivity contribution in [1.82, 2.24) is 0 Å². The predicted molar refractivity (Wildman–Crippen MR) is 29.5 cm³/mol. The number of alkyl halides is 1. The molecule has 0 aromatic heterocycles. The first kappa shape index (κ1) is 6.02. The Kier molecular flexibility index (Phi) is 1.52. The summed E-state index contributed by atoms with van der Waals surface area (Å²) in [5.41, 5.74) is -0.0833. The van der Waals surface area contributed by atoms with Gasteiger partial charge < -0.3 is 4.74 Å². The summed E-state index contributed by atoms with van der Waals surface area (Å²) in [6, 6.07) is 0. The van der Waals surface area contributed by atoms with E-state index >= 15 is 0 Å². The van der Waals surface area contributed by atoms with Crippen LogP contribution in [0.1, 0.15) is 13.3 Å². The minimum absolute atomic E-state index is 0.0833. The van der Waals surface area contributed by atoms with Gasteiger partial charge in [0, 0.05) is 5.41 Å². The van der Waals surface area contributed by atoms with Crippen LogP contribution in [0, 0.1) is 5.41 Å². The first-order chi connectivity index (χ1) is 3.83. The maximum Gasteiger partial charge on any atom is 0.0994 e. The first-order valence-corrected chi connectivity index (χ1v) is 2.97. The van der Waals surface area contributed by atoms with Crippen LogP contribution in [0.2, 0.25) is 0 Å². The van der Waals surface area contributed by atoms with Gasteiger partial charge in [-0.3, -0.25) is 4.39 Å². The molecule has 1 heterocycles. The SMILES string of the molecule is CCC1(CF)COC1. The van der Waals surface area contributed by atoms with Crippen molar-refractivity contribution in [3.8, 4) is 0 Å². The largest absolute Gasteiger partial charge is 0.380 e. The Hall–Kier alpha value is -0.110. The Morgan fingerprint density at radius 3 is 2.25 bits per heavy atom. The monoisotopic (exact) mass is 118 g/mol. The van der Waals surface area contributed by atoms with Crippen LogP contribution < -0.4 is 0 Å². The van der Waals surface area contributed by atoms with Crippen molar-refractivity contribution in [2.24, 2.45) is 5.41 Å². The molecule has 8 heavy (non-hydrogen) atoms. The fourth-order valence-corrected chi connectivity index (χ4v) is 0.767. The predicted octanol–water partition coefficient (Wildman–Crippen LogP) is 1.38. The molecule has 0 radical (unpaired) electrons. The molecule has 0 aliphatic carbocycles. The molecular weight excluding hydrogens is 107 g/mol. The van der Waals surface area contributed by atoms with Crippen LogP contribution in [0.15, 0.2) is 0 Å². The van der Waals surface area contributed by atoms with Crippen LogP contribution in [0.4, 0.5) is 4.39 Å². The van der Waals surface area contributed by atoms with Crippen molar-refractivity contribution in [2.45, 2.75) is 13.3 Å². The summed E-state index contributed by atoms with van der Waals surface area (Å²) >= 11 is 0. The molecule has 1 aliphatic rings. The molecule has 0 atom stereocenters. The molecule has 1 saturated heterocycles. The highest BCUT2D eigenvalue weighted by atomic mass is 19.1. The highest BCUT2D eigenvalue weighted by Gasteiger charge is 2.36. The van der Waals surface area contributed by atoms with Crippen molar-refractivity contribution in [3.05, 3.63) is 0 Å². The van der Waals surface area contributed by atoms with Crippen molar-refractivity contribution < 1.29 is 9.13 Å².